The minimum absolute atomic E-state index is 0.195. The number of nitro benzene ring substituents is 1. The van der Waals surface area contributed by atoms with Gasteiger partial charge in [-0.05, 0) is 42.0 Å². The summed E-state index contributed by atoms with van der Waals surface area (Å²) in [5, 5.41) is 31.1. The summed E-state index contributed by atoms with van der Waals surface area (Å²) in [5.41, 5.74) is 0.128. The van der Waals surface area contributed by atoms with Gasteiger partial charge in [0, 0.05) is 29.3 Å². The molecule has 154 valence electrons. The van der Waals surface area contributed by atoms with Crippen molar-refractivity contribution in [1.29, 1.82) is 0 Å². The molecule has 9 nitrogen and oxygen atoms in total. The molecule has 0 bridgehead atoms. The molecule has 2 aromatic rings. The lowest BCUT2D eigenvalue weighted by Gasteiger charge is -2.24. The van der Waals surface area contributed by atoms with Gasteiger partial charge < -0.3 is 15.1 Å². The van der Waals surface area contributed by atoms with E-state index in [2.05, 4.69) is 0 Å². The molecule has 0 spiro atoms. The van der Waals surface area contributed by atoms with Crippen LogP contribution in [0.2, 0.25) is 5.02 Å². The van der Waals surface area contributed by atoms with E-state index in [1.165, 1.54) is 48.5 Å². The lowest BCUT2D eigenvalue weighted by atomic mass is 9.95. The van der Waals surface area contributed by atoms with Crippen molar-refractivity contribution >= 4 is 40.7 Å². The minimum Gasteiger partial charge on any atom is -0.507 e. The zero-order chi connectivity index (χ0) is 22.0. The van der Waals surface area contributed by atoms with Crippen molar-refractivity contribution in [2.24, 2.45) is 0 Å². The Morgan fingerprint density at radius 2 is 1.67 bits per heavy atom. The summed E-state index contributed by atoms with van der Waals surface area (Å²) in [6.45, 7) is -0.279. The summed E-state index contributed by atoms with van der Waals surface area (Å²) in [5.74, 6) is -3.56. The van der Waals surface area contributed by atoms with E-state index in [9.17, 15) is 29.6 Å². The highest BCUT2D eigenvalue weighted by Crippen LogP contribution is 2.40. The zero-order valence-corrected chi connectivity index (χ0v) is 16.1. The smallest absolute Gasteiger partial charge is 0.305 e. The summed E-state index contributed by atoms with van der Waals surface area (Å²) in [7, 11) is 0. The number of nitro groups is 1. The first kappa shape index (κ1) is 21.0. The molecule has 0 aliphatic carbocycles. The zero-order valence-electron chi connectivity index (χ0n) is 15.3. The molecule has 10 heteroatoms. The van der Waals surface area contributed by atoms with E-state index >= 15 is 0 Å². The Labute approximate surface area is 175 Å². The number of Topliss-reactive ketones (excluding diaryl/α,β-unsaturated/α-hetero) is 1. The summed E-state index contributed by atoms with van der Waals surface area (Å²) in [6, 6.07) is 9.96. The number of benzene rings is 2. The maximum absolute atomic E-state index is 12.7. The number of aliphatic hydroxyl groups excluding tert-OH is 1. The second-order valence-electron chi connectivity index (χ2n) is 6.49. The lowest BCUT2D eigenvalue weighted by molar-refractivity contribution is -0.384. The summed E-state index contributed by atoms with van der Waals surface area (Å²) in [6.07, 6.45) is -0.419. The van der Waals surface area contributed by atoms with Crippen molar-refractivity contribution < 1.29 is 29.5 Å². The molecular weight excluding hydrogens is 416 g/mol. The molecule has 1 unspecified atom stereocenters. The molecule has 30 heavy (non-hydrogen) atoms. The number of non-ortho nitro benzene ring substituents is 1. The monoisotopic (exact) mass is 430 g/mol. The molecule has 1 atom stereocenters. The van der Waals surface area contributed by atoms with Gasteiger partial charge in [-0.15, -0.1) is 0 Å². The summed E-state index contributed by atoms with van der Waals surface area (Å²) < 4.78 is 0. The Morgan fingerprint density at radius 3 is 2.20 bits per heavy atom. The fourth-order valence-corrected chi connectivity index (χ4v) is 3.34. The number of halogens is 1. The van der Waals surface area contributed by atoms with Crippen LogP contribution in [0, 0.1) is 10.1 Å². The Bertz CT molecular complexity index is 1060. The third-order valence-electron chi connectivity index (χ3n) is 4.64. The normalized spacial score (nSPS) is 17.9. The molecule has 1 heterocycles. The van der Waals surface area contributed by atoms with Gasteiger partial charge >= 0.3 is 5.97 Å². The van der Waals surface area contributed by atoms with Crippen molar-refractivity contribution in [3.8, 4) is 0 Å². The van der Waals surface area contributed by atoms with Gasteiger partial charge in [0.15, 0.2) is 0 Å². The van der Waals surface area contributed by atoms with E-state index in [-0.39, 0.29) is 23.4 Å². The third kappa shape index (κ3) is 4.01. The number of aliphatic carboxylic acids is 1. The topological polar surface area (TPSA) is 138 Å². The van der Waals surface area contributed by atoms with Crippen LogP contribution in [0.5, 0.6) is 0 Å². The fourth-order valence-electron chi connectivity index (χ4n) is 3.21. The molecule has 2 aromatic carbocycles. The highest BCUT2D eigenvalue weighted by atomic mass is 35.5. The van der Waals surface area contributed by atoms with Gasteiger partial charge in [-0.25, -0.2) is 0 Å². The van der Waals surface area contributed by atoms with Crippen LogP contribution in [0.25, 0.3) is 5.76 Å². The molecular formula is C20H15ClN2O7. The van der Waals surface area contributed by atoms with E-state index < -0.39 is 40.8 Å². The number of carboxylic acid groups (broad SMARTS) is 1. The van der Waals surface area contributed by atoms with E-state index in [0.717, 1.165) is 4.90 Å². The lowest BCUT2D eigenvalue weighted by Crippen LogP contribution is -2.31. The minimum atomic E-state index is -1.17. The van der Waals surface area contributed by atoms with Crippen molar-refractivity contribution in [2.75, 3.05) is 6.54 Å². The molecule has 2 N–H and O–H groups in total. The van der Waals surface area contributed by atoms with Gasteiger partial charge in [-0.3, -0.25) is 24.5 Å². The Morgan fingerprint density at radius 1 is 1.07 bits per heavy atom. The van der Waals surface area contributed by atoms with Crippen LogP contribution in [-0.2, 0) is 14.4 Å². The van der Waals surface area contributed by atoms with Crippen LogP contribution in [0.1, 0.15) is 23.6 Å². The van der Waals surface area contributed by atoms with Crippen LogP contribution < -0.4 is 0 Å². The van der Waals surface area contributed by atoms with Crippen LogP contribution in [-0.4, -0.2) is 44.2 Å². The van der Waals surface area contributed by atoms with Gasteiger partial charge in [0.1, 0.15) is 5.76 Å². The van der Waals surface area contributed by atoms with Crippen molar-refractivity contribution in [3.05, 3.63) is 80.4 Å². The number of amides is 1. The Balaban J connectivity index is 2.14. The predicted molar refractivity (Wildman–Crippen MR) is 106 cm³/mol. The summed E-state index contributed by atoms with van der Waals surface area (Å²) in [4.78, 5) is 47.7. The van der Waals surface area contributed by atoms with Crippen LogP contribution >= 0.6 is 11.6 Å². The number of ketones is 1. The van der Waals surface area contributed by atoms with E-state index in [4.69, 9.17) is 16.7 Å². The van der Waals surface area contributed by atoms with Crippen LogP contribution in [0.4, 0.5) is 5.69 Å². The number of carboxylic acids is 1. The van der Waals surface area contributed by atoms with Gasteiger partial charge in [0.25, 0.3) is 17.4 Å². The van der Waals surface area contributed by atoms with Crippen molar-refractivity contribution in [2.45, 2.75) is 12.5 Å². The van der Waals surface area contributed by atoms with Crippen LogP contribution in [0.3, 0.4) is 0 Å². The quantitative estimate of drug-likeness (QED) is 0.236. The molecule has 3 rings (SSSR count). The van der Waals surface area contributed by atoms with Gasteiger partial charge in [-0.2, -0.15) is 0 Å². The molecule has 1 aliphatic heterocycles. The van der Waals surface area contributed by atoms with E-state index in [1.54, 1.807) is 0 Å². The first-order valence-electron chi connectivity index (χ1n) is 8.71. The number of aliphatic hydroxyl groups is 1. The van der Waals surface area contributed by atoms with Gasteiger partial charge in [0.2, 0.25) is 0 Å². The highest BCUT2D eigenvalue weighted by molar-refractivity contribution is 6.46. The molecule has 1 fully saturated rings. The second kappa shape index (κ2) is 8.34. The summed E-state index contributed by atoms with van der Waals surface area (Å²) >= 11 is 5.85. The number of likely N-dealkylation sites (tertiary alicyclic amines) is 1. The number of hydrogen-bond donors (Lipinski definition) is 2. The SMILES string of the molecule is O=C(O)CCN1C(=O)C(=O)/C(=C(\O)c2ccc(Cl)cc2)C1c1ccc([N+](=O)[O-])cc1. The third-order valence-corrected chi connectivity index (χ3v) is 4.90. The highest BCUT2D eigenvalue weighted by Gasteiger charge is 2.46. The van der Waals surface area contributed by atoms with E-state index in [0.29, 0.717) is 10.6 Å². The molecule has 0 radical (unpaired) electrons. The van der Waals surface area contributed by atoms with Crippen LogP contribution in [0.15, 0.2) is 54.1 Å². The Hall–Kier alpha value is -3.72. The second-order valence-corrected chi connectivity index (χ2v) is 6.93. The average Bonchev–Trinajstić information content (AvgIpc) is 2.97. The first-order valence-corrected chi connectivity index (χ1v) is 9.09. The number of rotatable bonds is 6. The maximum atomic E-state index is 12.7. The molecule has 0 aromatic heterocycles. The molecule has 0 saturated carbocycles. The maximum Gasteiger partial charge on any atom is 0.305 e. The number of nitrogens with zero attached hydrogens (tertiary/aromatic N) is 2. The van der Waals surface area contributed by atoms with Gasteiger partial charge in [-0.1, -0.05) is 11.6 Å². The number of hydrogen-bond acceptors (Lipinski definition) is 6. The predicted octanol–water partition coefficient (Wildman–Crippen LogP) is 3.14. The van der Waals surface area contributed by atoms with Crippen molar-refractivity contribution in [3.63, 3.8) is 0 Å². The number of carbonyl (C=O) groups is 3. The van der Waals surface area contributed by atoms with Crippen molar-refractivity contribution in [1.82, 2.24) is 4.90 Å². The average molecular weight is 431 g/mol. The largest absolute Gasteiger partial charge is 0.507 e. The fraction of sp³-hybridized carbons (Fsp3) is 0.150. The molecule has 1 aliphatic rings. The first-order chi connectivity index (χ1) is 14.2. The molecule has 1 amide bonds. The molecule has 1 saturated heterocycles. The number of carbonyl (C=O) groups excluding carboxylic acids is 2. The standard InChI is InChI=1S/C20H15ClN2O7/c21-13-5-1-12(2-6-13)18(26)16-17(11-3-7-14(8-4-11)23(29)30)22(10-9-15(24)25)20(28)19(16)27/h1-8,17,26H,9-10H2,(H,24,25)/b18-16-. The van der Waals surface area contributed by atoms with Gasteiger partial charge in [0.05, 0.1) is 23.0 Å². The van der Waals surface area contributed by atoms with E-state index in [1.807, 2.05) is 0 Å². The Kier molecular flexibility index (Phi) is 5.84.